The van der Waals surface area contributed by atoms with Gasteiger partial charge in [0.15, 0.2) is 8.32 Å². The molecule has 1 aliphatic heterocycles. The van der Waals surface area contributed by atoms with Gasteiger partial charge in [-0.1, -0.05) is 117 Å². The Kier molecular flexibility index (Phi) is 14.3. The predicted octanol–water partition coefficient (Wildman–Crippen LogP) is 10.3. The van der Waals surface area contributed by atoms with Gasteiger partial charge in [-0.05, 0) is 103 Å². The number of hydrogen-bond donors (Lipinski definition) is 0. The van der Waals surface area contributed by atoms with E-state index in [1.54, 1.807) is 7.11 Å². The Morgan fingerprint density at radius 2 is 1.49 bits per heavy atom. The first-order valence-electron chi connectivity index (χ1n) is 21.1. The quantitative estimate of drug-likeness (QED) is 0.0289. The smallest absolute Gasteiger partial charge is 0.319 e. The summed E-state index contributed by atoms with van der Waals surface area (Å²) in [6.07, 6.45) is 4.76. The Balaban J connectivity index is 1.44. The largest absolute Gasteiger partial charge is 0.534 e. The molecule has 1 saturated heterocycles. The molecule has 1 aliphatic carbocycles. The highest BCUT2D eigenvalue weighted by molar-refractivity contribution is 7.00. The second kappa shape index (κ2) is 18.9. The third-order valence-corrected chi connectivity index (χ3v) is 17.6. The number of fused-ring (bicyclic) bond motifs is 1. The first-order valence-corrected chi connectivity index (χ1v) is 26.4. The minimum absolute atomic E-state index is 0.0781. The van der Waals surface area contributed by atoms with Crippen molar-refractivity contribution in [1.29, 1.82) is 0 Å². The molecule has 4 atom stereocenters. The van der Waals surface area contributed by atoms with E-state index >= 15 is 0 Å². The van der Waals surface area contributed by atoms with Crippen LogP contribution in [0.1, 0.15) is 65.0 Å². The monoisotopic (exact) mass is 834 g/mol. The van der Waals surface area contributed by atoms with Crippen molar-refractivity contribution in [2.45, 2.75) is 102 Å². The molecule has 0 bridgehead atoms. The Bertz CT molecular complexity index is 1970. The summed E-state index contributed by atoms with van der Waals surface area (Å²) >= 11 is 0. The van der Waals surface area contributed by atoms with Crippen LogP contribution >= 0.6 is 0 Å². The van der Waals surface area contributed by atoms with E-state index in [0.29, 0.717) is 26.4 Å². The summed E-state index contributed by atoms with van der Waals surface area (Å²) in [5.74, 6) is 1.64. The highest BCUT2D eigenvalue weighted by Gasteiger charge is 2.70. The van der Waals surface area contributed by atoms with Gasteiger partial charge >= 0.3 is 8.32 Å². The van der Waals surface area contributed by atoms with E-state index in [-0.39, 0.29) is 29.5 Å². The average molecular weight is 835 g/mol. The SMILES string of the molecule is C=C(C)CC1(O[Si](C)(C)C)C[C@H](/C(=C/c2ccc(O[Si](c3ccccc3)(c3ccccc3)C(C)(C)C)cc2OCc2ccccc2)COCOCCOC)C[C@H]2O[C@]21C. The van der Waals surface area contributed by atoms with E-state index in [1.807, 2.05) is 18.2 Å². The highest BCUT2D eigenvalue weighted by atomic mass is 28.4. The maximum absolute atomic E-state index is 7.51. The molecule has 59 heavy (non-hydrogen) atoms. The van der Waals surface area contributed by atoms with Crippen LogP contribution in [0, 0.1) is 5.92 Å². The topological polar surface area (TPSA) is 67.9 Å². The summed E-state index contributed by atoms with van der Waals surface area (Å²) in [5.41, 5.74) is 3.43. The van der Waals surface area contributed by atoms with E-state index < -0.39 is 22.2 Å². The third-order valence-electron chi connectivity index (χ3n) is 11.7. The fourth-order valence-corrected chi connectivity index (χ4v) is 14.9. The van der Waals surface area contributed by atoms with Gasteiger partial charge < -0.3 is 32.5 Å². The summed E-state index contributed by atoms with van der Waals surface area (Å²) < 4.78 is 45.4. The van der Waals surface area contributed by atoms with Crippen molar-refractivity contribution in [1.82, 2.24) is 0 Å². The molecule has 316 valence electrons. The van der Waals surface area contributed by atoms with Gasteiger partial charge in [-0.25, -0.2) is 0 Å². The summed E-state index contributed by atoms with van der Waals surface area (Å²) in [7, 11) is -3.25. The minimum atomic E-state index is -2.91. The Hall–Kier alpha value is -3.81. The van der Waals surface area contributed by atoms with Crippen molar-refractivity contribution in [2.24, 2.45) is 5.92 Å². The Morgan fingerprint density at radius 3 is 2.07 bits per heavy atom. The van der Waals surface area contributed by atoms with Gasteiger partial charge in [0, 0.05) is 18.7 Å². The van der Waals surface area contributed by atoms with Crippen molar-refractivity contribution >= 4 is 33.1 Å². The van der Waals surface area contributed by atoms with Crippen molar-refractivity contribution in [2.75, 3.05) is 33.7 Å². The summed E-state index contributed by atoms with van der Waals surface area (Å²) in [6, 6.07) is 38.1. The fourth-order valence-electron chi connectivity index (χ4n) is 8.94. The molecular formula is C50H66O7Si2. The lowest BCUT2D eigenvalue weighted by atomic mass is 9.67. The predicted molar refractivity (Wildman–Crippen MR) is 245 cm³/mol. The molecule has 4 aromatic carbocycles. The zero-order chi connectivity index (χ0) is 42.3. The maximum Gasteiger partial charge on any atom is 0.319 e. The van der Waals surface area contributed by atoms with Crippen molar-refractivity contribution in [3.8, 4) is 11.5 Å². The van der Waals surface area contributed by atoms with E-state index in [2.05, 4.69) is 158 Å². The van der Waals surface area contributed by atoms with Gasteiger partial charge in [-0.3, -0.25) is 0 Å². The number of rotatable bonds is 20. The zero-order valence-corrected chi connectivity index (χ0v) is 38.8. The number of benzene rings is 4. The maximum atomic E-state index is 7.51. The van der Waals surface area contributed by atoms with E-state index in [4.69, 9.17) is 32.5 Å². The van der Waals surface area contributed by atoms with Crippen LogP contribution in [0.3, 0.4) is 0 Å². The molecule has 1 heterocycles. The minimum Gasteiger partial charge on any atom is -0.534 e. The van der Waals surface area contributed by atoms with Crippen molar-refractivity contribution < 1.29 is 32.5 Å². The standard InChI is InChI=1S/C50H66O7Si2/c1-38(2)33-50(57-58(8,9)10)34-41(31-47-49(50,6)55-47)42(36-53-37-52-29-28-51-7)30-40-26-27-43(32-46(40)54-35-39-20-14-11-15-21-39)56-59(48(3,4)5,44-22-16-12-17-23-44)45-24-18-13-19-25-45/h11-27,30,32,41,47H,1,28-29,31,33-37H2,2-10H3/b42-30+/t41-,47-,49-,50?/m1/s1. The molecule has 0 aromatic heterocycles. The fraction of sp³-hybridized carbons (Fsp3) is 0.440. The molecule has 2 aliphatic rings. The van der Waals surface area contributed by atoms with Crippen LogP contribution in [0.15, 0.2) is 127 Å². The average Bonchev–Trinajstić information content (AvgIpc) is 3.89. The summed E-state index contributed by atoms with van der Waals surface area (Å²) in [5, 5.41) is 2.22. The van der Waals surface area contributed by atoms with Gasteiger partial charge in [0.05, 0.1) is 31.5 Å². The zero-order valence-electron chi connectivity index (χ0n) is 36.8. The first kappa shape index (κ1) is 44.7. The van der Waals surface area contributed by atoms with Crippen LogP contribution in [-0.4, -0.2) is 67.7 Å². The van der Waals surface area contributed by atoms with Crippen molar-refractivity contribution in [3.63, 3.8) is 0 Å². The molecule has 7 nitrogen and oxygen atoms in total. The Labute approximate surface area is 356 Å². The molecule has 1 unspecified atom stereocenters. The molecular weight excluding hydrogens is 769 g/mol. The molecule has 0 radical (unpaired) electrons. The second-order valence-electron chi connectivity index (χ2n) is 18.5. The molecule has 0 amide bonds. The number of hydrogen-bond acceptors (Lipinski definition) is 7. The van der Waals surface area contributed by atoms with E-state index in [1.165, 1.54) is 10.4 Å². The molecule has 6 rings (SSSR count). The Morgan fingerprint density at radius 1 is 0.864 bits per heavy atom. The molecule has 4 aromatic rings. The van der Waals surface area contributed by atoms with Gasteiger partial charge in [-0.15, -0.1) is 6.58 Å². The molecule has 0 N–H and O–H groups in total. The number of methoxy groups -OCH3 is 1. The van der Waals surface area contributed by atoms with Crippen LogP contribution in [-0.2, 0) is 30.0 Å². The van der Waals surface area contributed by atoms with Crippen LogP contribution in [0.2, 0.25) is 24.7 Å². The van der Waals surface area contributed by atoms with Gasteiger partial charge in [0.2, 0.25) is 0 Å². The molecule has 9 heteroatoms. The molecule has 2 fully saturated rings. The lowest BCUT2D eigenvalue weighted by Gasteiger charge is -2.47. The van der Waals surface area contributed by atoms with Crippen LogP contribution < -0.4 is 19.5 Å². The van der Waals surface area contributed by atoms with Crippen LogP contribution in [0.4, 0.5) is 0 Å². The molecule has 1 saturated carbocycles. The third kappa shape index (κ3) is 10.6. The summed E-state index contributed by atoms with van der Waals surface area (Å²) in [4.78, 5) is 0. The second-order valence-corrected chi connectivity index (χ2v) is 27.2. The number of epoxide rings is 1. The van der Waals surface area contributed by atoms with Gasteiger partial charge in [0.1, 0.15) is 30.5 Å². The van der Waals surface area contributed by atoms with Crippen LogP contribution in [0.25, 0.3) is 6.08 Å². The van der Waals surface area contributed by atoms with E-state index in [0.717, 1.165) is 53.0 Å². The summed E-state index contributed by atoms with van der Waals surface area (Å²) in [6.45, 7) is 24.3. The lowest BCUT2D eigenvalue weighted by Crippen LogP contribution is -2.68. The van der Waals surface area contributed by atoms with Gasteiger partial charge in [-0.2, -0.15) is 0 Å². The van der Waals surface area contributed by atoms with Gasteiger partial charge in [0.25, 0.3) is 0 Å². The first-order chi connectivity index (χ1) is 28.1. The molecule has 0 spiro atoms. The van der Waals surface area contributed by atoms with Crippen LogP contribution in [0.5, 0.6) is 11.5 Å². The number of ether oxygens (including phenoxy) is 5. The van der Waals surface area contributed by atoms with E-state index in [9.17, 15) is 0 Å². The van der Waals surface area contributed by atoms with Crippen molar-refractivity contribution in [3.05, 3.63) is 138 Å². The normalized spacial score (nSPS) is 22.1. The lowest BCUT2D eigenvalue weighted by molar-refractivity contribution is -0.0634. The highest BCUT2D eigenvalue weighted by Crippen LogP contribution is 2.60.